The fourth-order valence-electron chi connectivity index (χ4n) is 3.10. The van der Waals surface area contributed by atoms with Gasteiger partial charge in [-0.15, -0.1) is 11.3 Å². The van der Waals surface area contributed by atoms with Gasteiger partial charge in [0, 0.05) is 28.9 Å². The summed E-state index contributed by atoms with van der Waals surface area (Å²) in [6.45, 7) is 0. The smallest absolute Gasteiger partial charge is 0.162 e. The van der Waals surface area contributed by atoms with Crippen LogP contribution in [0.2, 0.25) is 0 Å². The molecule has 1 N–H and O–H groups in total. The van der Waals surface area contributed by atoms with Crippen molar-refractivity contribution in [3.05, 3.63) is 77.3 Å². The normalized spacial score (nSPS) is 11.2. The number of anilines is 1. The lowest BCUT2D eigenvalue weighted by molar-refractivity contribution is 0.355. The monoisotopic (exact) mass is 413 g/mol. The Bertz CT molecular complexity index is 1270. The zero-order chi connectivity index (χ0) is 20.9. The Morgan fingerprint density at radius 2 is 1.80 bits per heavy atom. The van der Waals surface area contributed by atoms with E-state index in [-0.39, 0.29) is 0 Å². The fraction of sp³-hybridized carbons (Fsp3) is 0.0833. The average molecular weight is 414 g/mol. The van der Waals surface area contributed by atoms with Crippen molar-refractivity contribution < 1.29 is 9.47 Å². The largest absolute Gasteiger partial charge is 0.493 e. The van der Waals surface area contributed by atoms with Crippen LogP contribution in [0.15, 0.2) is 72.2 Å². The molecular formula is C24H19N3O2S. The fourth-order valence-corrected chi connectivity index (χ4v) is 3.90. The molecule has 0 aliphatic heterocycles. The summed E-state index contributed by atoms with van der Waals surface area (Å²) < 4.78 is 10.6. The quantitative estimate of drug-likeness (QED) is 0.395. The number of ether oxygens (including phenoxy) is 2. The van der Waals surface area contributed by atoms with Gasteiger partial charge in [0.1, 0.15) is 16.6 Å². The second kappa shape index (κ2) is 8.68. The topological polar surface area (TPSA) is 67.2 Å². The summed E-state index contributed by atoms with van der Waals surface area (Å²) in [5, 5.41) is 17.8. The van der Waals surface area contributed by atoms with Crippen molar-refractivity contribution in [1.29, 1.82) is 5.26 Å². The third-order valence-electron chi connectivity index (χ3n) is 4.67. The zero-order valence-electron chi connectivity index (χ0n) is 16.5. The van der Waals surface area contributed by atoms with Crippen molar-refractivity contribution in [2.75, 3.05) is 19.5 Å². The van der Waals surface area contributed by atoms with Crippen LogP contribution in [0.5, 0.6) is 11.5 Å². The van der Waals surface area contributed by atoms with Gasteiger partial charge in [-0.05, 0) is 29.0 Å². The molecule has 0 atom stereocenters. The number of nitrogens with one attached hydrogen (secondary N) is 1. The lowest BCUT2D eigenvalue weighted by atomic mass is 10.1. The summed E-state index contributed by atoms with van der Waals surface area (Å²) in [5.41, 5.74) is 3.13. The molecule has 1 aromatic heterocycles. The van der Waals surface area contributed by atoms with Crippen LogP contribution in [0.3, 0.4) is 0 Å². The van der Waals surface area contributed by atoms with Gasteiger partial charge in [0.05, 0.1) is 19.9 Å². The molecule has 0 amide bonds. The van der Waals surface area contributed by atoms with Crippen molar-refractivity contribution in [2.45, 2.75) is 0 Å². The maximum absolute atomic E-state index is 9.63. The molecule has 0 unspecified atom stereocenters. The van der Waals surface area contributed by atoms with Crippen LogP contribution in [0, 0.1) is 11.3 Å². The number of benzene rings is 3. The second-order valence-corrected chi connectivity index (χ2v) is 7.34. The van der Waals surface area contributed by atoms with E-state index in [2.05, 4.69) is 46.7 Å². The molecule has 4 aromatic rings. The summed E-state index contributed by atoms with van der Waals surface area (Å²) in [5.74, 6) is 1.26. The Kier molecular flexibility index (Phi) is 5.64. The molecule has 148 valence electrons. The molecule has 0 saturated heterocycles. The van der Waals surface area contributed by atoms with E-state index in [4.69, 9.17) is 9.47 Å². The minimum Gasteiger partial charge on any atom is -0.493 e. The highest BCUT2D eigenvalue weighted by Crippen LogP contribution is 2.31. The van der Waals surface area contributed by atoms with Crippen LogP contribution in [0.4, 0.5) is 5.69 Å². The average Bonchev–Trinajstić information content (AvgIpc) is 3.29. The maximum atomic E-state index is 9.63. The maximum Gasteiger partial charge on any atom is 0.162 e. The van der Waals surface area contributed by atoms with Gasteiger partial charge >= 0.3 is 0 Å². The molecule has 0 fully saturated rings. The van der Waals surface area contributed by atoms with Crippen LogP contribution < -0.4 is 14.8 Å². The first kappa shape index (κ1) is 19.5. The highest BCUT2D eigenvalue weighted by molar-refractivity contribution is 7.11. The Morgan fingerprint density at radius 3 is 2.57 bits per heavy atom. The van der Waals surface area contributed by atoms with E-state index in [1.54, 1.807) is 20.4 Å². The molecule has 6 heteroatoms. The van der Waals surface area contributed by atoms with Crippen molar-refractivity contribution in [1.82, 2.24) is 4.98 Å². The molecule has 0 aliphatic carbocycles. The SMILES string of the molecule is COc1ccc(N/C=C(\C#N)c2nc(-c3ccc4ccccc4c3)cs2)cc1OC. The van der Waals surface area contributed by atoms with E-state index in [1.165, 1.54) is 16.7 Å². The highest BCUT2D eigenvalue weighted by atomic mass is 32.1. The van der Waals surface area contributed by atoms with Crippen LogP contribution in [0.1, 0.15) is 5.01 Å². The minimum absolute atomic E-state index is 0.460. The van der Waals surface area contributed by atoms with Crippen LogP contribution >= 0.6 is 11.3 Å². The molecular weight excluding hydrogens is 394 g/mol. The lowest BCUT2D eigenvalue weighted by Crippen LogP contribution is -1.94. The second-order valence-electron chi connectivity index (χ2n) is 6.48. The Balaban J connectivity index is 1.58. The van der Waals surface area contributed by atoms with E-state index < -0.39 is 0 Å². The first-order valence-electron chi connectivity index (χ1n) is 9.25. The summed E-state index contributed by atoms with van der Waals surface area (Å²) in [6, 6.07) is 22.2. The van der Waals surface area contributed by atoms with Gasteiger partial charge in [-0.2, -0.15) is 5.26 Å². The standard InChI is InChI=1S/C24H19N3O2S/c1-28-22-10-9-20(12-23(22)29-2)26-14-19(13-25)24-27-21(15-30-24)18-8-7-16-5-3-4-6-17(16)11-18/h3-12,14-15,26H,1-2H3/b19-14+. The molecule has 0 aliphatic rings. The Morgan fingerprint density at radius 1 is 1.00 bits per heavy atom. The molecule has 30 heavy (non-hydrogen) atoms. The Hall–Kier alpha value is -3.82. The van der Waals surface area contributed by atoms with Crippen molar-refractivity contribution in [3.63, 3.8) is 0 Å². The van der Waals surface area contributed by atoms with Gasteiger partial charge in [0.15, 0.2) is 11.5 Å². The number of thiazole rings is 1. The van der Waals surface area contributed by atoms with Gasteiger partial charge in [-0.3, -0.25) is 0 Å². The van der Waals surface area contributed by atoms with Gasteiger partial charge < -0.3 is 14.8 Å². The van der Waals surface area contributed by atoms with E-state index in [1.807, 2.05) is 35.7 Å². The lowest BCUT2D eigenvalue weighted by Gasteiger charge is -2.09. The predicted molar refractivity (Wildman–Crippen MR) is 122 cm³/mol. The van der Waals surface area contributed by atoms with Crippen LogP contribution in [0.25, 0.3) is 27.6 Å². The molecule has 0 saturated carbocycles. The van der Waals surface area contributed by atoms with Gasteiger partial charge in [-0.1, -0.05) is 36.4 Å². The van der Waals surface area contributed by atoms with Gasteiger partial charge in [0.25, 0.3) is 0 Å². The number of rotatable bonds is 6. The number of methoxy groups -OCH3 is 2. The summed E-state index contributed by atoms with van der Waals surface area (Å²) in [7, 11) is 3.18. The number of fused-ring (bicyclic) bond motifs is 1. The molecule has 3 aromatic carbocycles. The van der Waals surface area contributed by atoms with Crippen molar-refractivity contribution >= 4 is 33.4 Å². The zero-order valence-corrected chi connectivity index (χ0v) is 17.4. The number of aromatic nitrogens is 1. The highest BCUT2D eigenvalue weighted by Gasteiger charge is 2.10. The van der Waals surface area contributed by atoms with Crippen LogP contribution in [-0.4, -0.2) is 19.2 Å². The molecule has 4 rings (SSSR count). The molecule has 1 heterocycles. The predicted octanol–water partition coefficient (Wildman–Crippen LogP) is 5.96. The summed E-state index contributed by atoms with van der Waals surface area (Å²) >= 11 is 1.44. The van der Waals surface area contributed by atoms with E-state index >= 15 is 0 Å². The third kappa shape index (κ3) is 3.97. The number of nitriles is 1. The number of hydrogen-bond acceptors (Lipinski definition) is 6. The molecule has 5 nitrogen and oxygen atoms in total. The van der Waals surface area contributed by atoms with E-state index in [9.17, 15) is 5.26 Å². The third-order valence-corrected chi connectivity index (χ3v) is 5.54. The van der Waals surface area contributed by atoms with Crippen molar-refractivity contribution in [3.8, 4) is 28.8 Å². The first-order valence-corrected chi connectivity index (χ1v) is 10.1. The van der Waals surface area contributed by atoms with Gasteiger partial charge in [-0.25, -0.2) is 4.98 Å². The molecule has 0 radical (unpaired) electrons. The Labute approximate surface area is 178 Å². The number of hydrogen-bond donors (Lipinski definition) is 1. The molecule has 0 bridgehead atoms. The van der Waals surface area contributed by atoms with Crippen LogP contribution in [-0.2, 0) is 0 Å². The summed E-state index contributed by atoms with van der Waals surface area (Å²) in [6.07, 6.45) is 1.66. The minimum atomic E-state index is 0.460. The van der Waals surface area contributed by atoms with Gasteiger partial charge in [0.2, 0.25) is 0 Å². The van der Waals surface area contributed by atoms with E-state index in [0.29, 0.717) is 22.1 Å². The number of nitrogens with zero attached hydrogens (tertiary/aromatic N) is 2. The molecule has 0 spiro atoms. The summed E-state index contributed by atoms with van der Waals surface area (Å²) in [4.78, 5) is 4.67. The number of allylic oxidation sites excluding steroid dienone is 1. The van der Waals surface area contributed by atoms with Crippen molar-refractivity contribution in [2.24, 2.45) is 0 Å². The first-order chi connectivity index (χ1) is 14.7. The van der Waals surface area contributed by atoms with E-state index in [0.717, 1.165) is 22.3 Å².